The minimum atomic E-state index is -0.0950. The zero-order valence-corrected chi connectivity index (χ0v) is 10.9. The molecule has 96 valence electrons. The molecule has 0 aromatic heterocycles. The van der Waals surface area contributed by atoms with Gasteiger partial charge in [-0.25, -0.2) is 0 Å². The fourth-order valence-electron chi connectivity index (χ4n) is 1.99. The highest BCUT2D eigenvalue weighted by atomic mass is 35.5. The molecule has 0 saturated carbocycles. The lowest BCUT2D eigenvalue weighted by Crippen LogP contribution is -2.24. The lowest BCUT2D eigenvalue weighted by molar-refractivity contribution is -0.128. The van der Waals surface area contributed by atoms with Crippen molar-refractivity contribution in [1.82, 2.24) is 4.90 Å². The van der Waals surface area contributed by atoms with E-state index in [4.69, 9.17) is 11.6 Å². The molecule has 1 heterocycles. The number of hydrogen-bond acceptors (Lipinski definition) is 2. The van der Waals surface area contributed by atoms with Crippen LogP contribution in [0.25, 0.3) is 0 Å². The average Bonchev–Trinajstić information content (AvgIpc) is 2.59. The van der Waals surface area contributed by atoms with Gasteiger partial charge in [0, 0.05) is 32.1 Å². The van der Waals surface area contributed by atoms with Gasteiger partial charge in [0.15, 0.2) is 0 Å². The lowest BCUT2D eigenvalue weighted by Gasteiger charge is -2.15. The molecule has 18 heavy (non-hydrogen) atoms. The fraction of sp³-hybridized carbons (Fsp3) is 0.385. The van der Waals surface area contributed by atoms with Crippen LogP contribution in [-0.2, 0) is 16.1 Å². The molecule has 0 radical (unpaired) electrons. The van der Waals surface area contributed by atoms with Crippen LogP contribution in [0.4, 0.5) is 5.69 Å². The zero-order valence-electron chi connectivity index (χ0n) is 10.1. The third-order valence-electron chi connectivity index (χ3n) is 2.82. The topological polar surface area (TPSA) is 49.4 Å². The molecule has 5 heteroatoms. The molecule has 1 N–H and O–H groups in total. The number of halogens is 1. The number of amides is 2. The minimum Gasteiger partial charge on any atom is -0.337 e. The quantitative estimate of drug-likeness (QED) is 0.851. The van der Waals surface area contributed by atoms with Crippen LogP contribution in [0.3, 0.4) is 0 Å². The van der Waals surface area contributed by atoms with E-state index in [0.29, 0.717) is 19.5 Å². The highest BCUT2D eigenvalue weighted by molar-refractivity contribution is 6.22. The molecule has 0 aliphatic carbocycles. The Morgan fingerprint density at radius 1 is 1.44 bits per heavy atom. The summed E-state index contributed by atoms with van der Waals surface area (Å²) in [4.78, 5) is 24.2. The highest BCUT2D eigenvalue weighted by Gasteiger charge is 2.27. The normalized spacial score (nSPS) is 19.1. The van der Waals surface area contributed by atoms with Crippen LogP contribution in [0.5, 0.6) is 0 Å². The first kappa shape index (κ1) is 12.9. The molecule has 1 aromatic rings. The SMILES string of the molecule is CC(=O)Nc1ccc(CN2CC(Cl)CC2=O)cc1. The van der Waals surface area contributed by atoms with Crippen molar-refractivity contribution in [2.45, 2.75) is 25.3 Å². The van der Waals surface area contributed by atoms with E-state index in [1.54, 1.807) is 4.90 Å². The molecule has 0 spiro atoms. The van der Waals surface area contributed by atoms with Crippen molar-refractivity contribution < 1.29 is 9.59 Å². The molecule has 1 fully saturated rings. The lowest BCUT2D eigenvalue weighted by atomic mass is 10.2. The van der Waals surface area contributed by atoms with Gasteiger partial charge in [-0.1, -0.05) is 12.1 Å². The Morgan fingerprint density at radius 3 is 2.61 bits per heavy atom. The van der Waals surface area contributed by atoms with Crippen LogP contribution < -0.4 is 5.32 Å². The van der Waals surface area contributed by atoms with Crippen molar-refractivity contribution in [1.29, 1.82) is 0 Å². The van der Waals surface area contributed by atoms with E-state index in [0.717, 1.165) is 11.3 Å². The second-order valence-electron chi connectivity index (χ2n) is 4.45. The van der Waals surface area contributed by atoms with E-state index in [1.807, 2.05) is 24.3 Å². The Bertz CT molecular complexity index is 459. The van der Waals surface area contributed by atoms with Gasteiger partial charge in [0.2, 0.25) is 11.8 Å². The molecule has 1 saturated heterocycles. The van der Waals surface area contributed by atoms with Gasteiger partial charge in [-0.2, -0.15) is 0 Å². The largest absolute Gasteiger partial charge is 0.337 e. The van der Waals surface area contributed by atoms with Gasteiger partial charge in [-0.3, -0.25) is 9.59 Å². The first-order chi connectivity index (χ1) is 8.54. The molecular weight excluding hydrogens is 252 g/mol. The Morgan fingerprint density at radius 2 is 2.11 bits per heavy atom. The number of carbonyl (C=O) groups excluding carboxylic acids is 2. The van der Waals surface area contributed by atoms with E-state index in [9.17, 15) is 9.59 Å². The van der Waals surface area contributed by atoms with Gasteiger partial charge in [0.1, 0.15) is 0 Å². The molecule has 0 bridgehead atoms. The van der Waals surface area contributed by atoms with Crippen LogP contribution in [0.2, 0.25) is 0 Å². The number of anilines is 1. The Balaban J connectivity index is 1.98. The summed E-state index contributed by atoms with van der Waals surface area (Å²) in [6.45, 7) is 2.65. The Labute approximate surface area is 111 Å². The molecule has 1 atom stereocenters. The highest BCUT2D eigenvalue weighted by Crippen LogP contribution is 2.19. The van der Waals surface area contributed by atoms with Crippen LogP contribution in [0.1, 0.15) is 18.9 Å². The van der Waals surface area contributed by atoms with E-state index >= 15 is 0 Å². The predicted octanol–water partition coefficient (Wildman–Crippen LogP) is 1.98. The standard InChI is InChI=1S/C13H15ClN2O2/c1-9(17)15-12-4-2-10(3-5-12)7-16-8-11(14)6-13(16)18/h2-5,11H,6-8H2,1H3,(H,15,17). The maximum atomic E-state index is 11.6. The van der Waals surface area contributed by atoms with Gasteiger partial charge in [0.25, 0.3) is 0 Å². The first-order valence-electron chi connectivity index (χ1n) is 5.83. The van der Waals surface area contributed by atoms with Gasteiger partial charge < -0.3 is 10.2 Å². The van der Waals surface area contributed by atoms with Crippen LogP contribution >= 0.6 is 11.6 Å². The zero-order chi connectivity index (χ0) is 13.1. The summed E-state index contributed by atoms with van der Waals surface area (Å²) >= 11 is 5.94. The van der Waals surface area contributed by atoms with E-state index in [1.165, 1.54) is 6.92 Å². The van der Waals surface area contributed by atoms with Crippen molar-refractivity contribution in [2.24, 2.45) is 0 Å². The number of nitrogens with zero attached hydrogens (tertiary/aromatic N) is 1. The van der Waals surface area contributed by atoms with Gasteiger partial charge in [-0.15, -0.1) is 11.6 Å². The number of likely N-dealkylation sites (tertiary alicyclic amines) is 1. The summed E-state index contributed by atoms with van der Waals surface area (Å²) in [5, 5.41) is 2.63. The summed E-state index contributed by atoms with van der Waals surface area (Å²) in [6.07, 6.45) is 0.422. The molecule has 1 aliphatic heterocycles. The molecule has 4 nitrogen and oxygen atoms in total. The predicted molar refractivity (Wildman–Crippen MR) is 70.4 cm³/mol. The number of alkyl halides is 1. The molecule has 1 unspecified atom stereocenters. The van der Waals surface area contributed by atoms with Gasteiger partial charge in [-0.05, 0) is 17.7 Å². The van der Waals surface area contributed by atoms with Gasteiger partial charge in [0.05, 0.1) is 5.38 Å². The fourth-order valence-corrected chi connectivity index (χ4v) is 2.29. The summed E-state index contributed by atoms with van der Waals surface area (Å²) in [6, 6.07) is 7.46. The van der Waals surface area contributed by atoms with Crippen molar-refractivity contribution >= 4 is 29.1 Å². The number of benzene rings is 1. The summed E-state index contributed by atoms with van der Waals surface area (Å²) in [5.74, 6) is 0.00314. The maximum absolute atomic E-state index is 11.6. The molecule has 1 aromatic carbocycles. The molecule has 1 aliphatic rings. The van der Waals surface area contributed by atoms with Crippen molar-refractivity contribution in [3.05, 3.63) is 29.8 Å². The summed E-state index contributed by atoms with van der Waals surface area (Å²) < 4.78 is 0. The second-order valence-corrected chi connectivity index (χ2v) is 5.07. The first-order valence-corrected chi connectivity index (χ1v) is 6.26. The van der Waals surface area contributed by atoms with Crippen LogP contribution in [0, 0.1) is 0 Å². The van der Waals surface area contributed by atoms with E-state index in [-0.39, 0.29) is 17.2 Å². The van der Waals surface area contributed by atoms with Crippen LogP contribution in [-0.4, -0.2) is 28.6 Å². The average molecular weight is 267 g/mol. The number of carbonyl (C=O) groups is 2. The molecular formula is C13H15ClN2O2. The molecule has 2 rings (SSSR count). The number of rotatable bonds is 3. The number of hydrogen-bond donors (Lipinski definition) is 1. The Kier molecular flexibility index (Phi) is 3.87. The van der Waals surface area contributed by atoms with E-state index < -0.39 is 0 Å². The number of nitrogens with one attached hydrogen (secondary N) is 1. The van der Waals surface area contributed by atoms with Gasteiger partial charge >= 0.3 is 0 Å². The maximum Gasteiger partial charge on any atom is 0.224 e. The second kappa shape index (κ2) is 5.40. The van der Waals surface area contributed by atoms with E-state index in [2.05, 4.69) is 5.32 Å². The smallest absolute Gasteiger partial charge is 0.224 e. The summed E-state index contributed by atoms with van der Waals surface area (Å²) in [5.41, 5.74) is 1.79. The molecule has 2 amide bonds. The third-order valence-corrected chi connectivity index (χ3v) is 3.11. The monoisotopic (exact) mass is 266 g/mol. The van der Waals surface area contributed by atoms with Crippen molar-refractivity contribution in [2.75, 3.05) is 11.9 Å². The van der Waals surface area contributed by atoms with Crippen LogP contribution in [0.15, 0.2) is 24.3 Å². The van der Waals surface area contributed by atoms with Crippen molar-refractivity contribution in [3.8, 4) is 0 Å². The third kappa shape index (κ3) is 3.23. The van der Waals surface area contributed by atoms with Crippen molar-refractivity contribution in [3.63, 3.8) is 0 Å². The Hall–Kier alpha value is -1.55. The summed E-state index contributed by atoms with van der Waals surface area (Å²) in [7, 11) is 0. The minimum absolute atomic E-state index is 0.0730.